The van der Waals surface area contributed by atoms with Gasteiger partial charge in [-0.2, -0.15) is 0 Å². The van der Waals surface area contributed by atoms with Gasteiger partial charge in [0.2, 0.25) is 0 Å². The molecule has 0 fully saturated rings. The Labute approximate surface area is 44.8 Å². The van der Waals surface area contributed by atoms with Gasteiger partial charge in [0.1, 0.15) is 0 Å². The van der Waals surface area contributed by atoms with E-state index in [0.717, 1.165) is 6.67 Å². The number of hydrogen-bond donors (Lipinski definition) is 1. The van der Waals surface area contributed by atoms with Crippen LogP contribution >= 0.6 is 15.9 Å². The molecule has 34 valence electrons. The molecule has 0 bridgehead atoms. The molecule has 1 N–H and O–H groups in total. The van der Waals surface area contributed by atoms with Crippen LogP contribution in [0.25, 0.3) is 0 Å². The molecule has 0 radical (unpaired) electrons. The molecule has 0 amide bonds. The van der Waals surface area contributed by atoms with Crippen LogP contribution in [0.5, 0.6) is 0 Å². The standard InChI is InChI=1S/C3H5BrN2/c4-3-1-5-2-6-3/h1,3,6H,2H2. The van der Waals surface area contributed by atoms with E-state index in [1.165, 1.54) is 0 Å². The van der Waals surface area contributed by atoms with Crippen LogP contribution in [0.3, 0.4) is 0 Å². The van der Waals surface area contributed by atoms with Crippen molar-refractivity contribution in [3.05, 3.63) is 0 Å². The Morgan fingerprint density at radius 2 is 2.83 bits per heavy atom. The third-order valence-corrected chi connectivity index (χ3v) is 1.17. The van der Waals surface area contributed by atoms with Crippen LogP contribution in [0.2, 0.25) is 0 Å². The largest absolute Gasteiger partial charge is 0.281 e. The van der Waals surface area contributed by atoms with Crippen LogP contribution < -0.4 is 5.32 Å². The molecule has 0 aromatic rings. The molecule has 1 atom stereocenters. The summed E-state index contributed by atoms with van der Waals surface area (Å²) in [5.41, 5.74) is 0. The maximum atomic E-state index is 3.88. The van der Waals surface area contributed by atoms with Crippen molar-refractivity contribution >= 4 is 22.1 Å². The predicted molar refractivity (Wildman–Crippen MR) is 29.2 cm³/mol. The van der Waals surface area contributed by atoms with Gasteiger partial charge >= 0.3 is 0 Å². The van der Waals surface area contributed by atoms with E-state index in [1.807, 2.05) is 6.21 Å². The van der Waals surface area contributed by atoms with Gasteiger partial charge in [0.05, 0.1) is 11.6 Å². The Bertz CT molecular complexity index is 71.2. The Kier molecular flexibility index (Phi) is 1.22. The third-order valence-electron chi connectivity index (χ3n) is 0.614. The number of nitrogens with one attached hydrogen (secondary N) is 1. The summed E-state index contributed by atoms with van der Waals surface area (Å²) < 4.78 is 0. The van der Waals surface area contributed by atoms with Gasteiger partial charge in [0.25, 0.3) is 0 Å². The minimum Gasteiger partial charge on any atom is -0.281 e. The van der Waals surface area contributed by atoms with Gasteiger partial charge in [-0.15, -0.1) is 0 Å². The van der Waals surface area contributed by atoms with Crippen molar-refractivity contribution in [2.24, 2.45) is 4.99 Å². The first-order valence-electron chi connectivity index (χ1n) is 1.77. The zero-order valence-corrected chi connectivity index (χ0v) is 4.77. The van der Waals surface area contributed by atoms with Crippen LogP contribution in [-0.2, 0) is 0 Å². The van der Waals surface area contributed by atoms with Crippen molar-refractivity contribution < 1.29 is 0 Å². The topological polar surface area (TPSA) is 24.4 Å². The minimum atomic E-state index is 0.317. The summed E-state index contributed by atoms with van der Waals surface area (Å²) in [5.74, 6) is 0. The summed E-state index contributed by atoms with van der Waals surface area (Å²) in [6.45, 7) is 0.760. The fourth-order valence-corrected chi connectivity index (χ4v) is 0.650. The maximum absolute atomic E-state index is 3.88. The fourth-order valence-electron chi connectivity index (χ4n) is 0.338. The maximum Gasteiger partial charge on any atom is 0.0999 e. The highest BCUT2D eigenvalue weighted by molar-refractivity contribution is 9.09. The molecule has 1 heterocycles. The first-order valence-corrected chi connectivity index (χ1v) is 2.68. The highest BCUT2D eigenvalue weighted by atomic mass is 79.9. The zero-order valence-electron chi connectivity index (χ0n) is 3.19. The Hall–Kier alpha value is 0.110. The molecule has 0 spiro atoms. The second-order valence-electron chi connectivity index (χ2n) is 1.10. The summed E-state index contributed by atoms with van der Waals surface area (Å²) >= 11 is 3.28. The Morgan fingerprint density at radius 1 is 2.00 bits per heavy atom. The molecule has 0 aromatic carbocycles. The van der Waals surface area contributed by atoms with Crippen molar-refractivity contribution in [1.82, 2.24) is 5.32 Å². The molecule has 1 aliphatic heterocycles. The average molecular weight is 149 g/mol. The highest BCUT2D eigenvalue weighted by Crippen LogP contribution is 1.93. The van der Waals surface area contributed by atoms with E-state index in [-0.39, 0.29) is 0 Å². The minimum absolute atomic E-state index is 0.317. The number of hydrogen-bond acceptors (Lipinski definition) is 2. The van der Waals surface area contributed by atoms with E-state index in [9.17, 15) is 0 Å². The van der Waals surface area contributed by atoms with E-state index in [4.69, 9.17) is 0 Å². The monoisotopic (exact) mass is 148 g/mol. The molecular weight excluding hydrogens is 144 g/mol. The van der Waals surface area contributed by atoms with E-state index >= 15 is 0 Å². The molecule has 0 saturated heterocycles. The second kappa shape index (κ2) is 1.71. The Balaban J connectivity index is 2.38. The van der Waals surface area contributed by atoms with Gasteiger partial charge in [-0.05, 0) is 0 Å². The lowest BCUT2D eigenvalue weighted by atomic mass is 10.8. The van der Waals surface area contributed by atoms with Crippen LogP contribution in [0.15, 0.2) is 4.99 Å². The molecule has 6 heavy (non-hydrogen) atoms. The third kappa shape index (κ3) is 0.786. The summed E-state index contributed by atoms with van der Waals surface area (Å²) in [6.07, 6.45) is 1.83. The van der Waals surface area contributed by atoms with Gasteiger partial charge in [-0.3, -0.25) is 10.3 Å². The van der Waals surface area contributed by atoms with Crippen LogP contribution in [-0.4, -0.2) is 17.8 Å². The number of rotatable bonds is 0. The van der Waals surface area contributed by atoms with Crippen molar-refractivity contribution in [3.63, 3.8) is 0 Å². The molecule has 0 saturated carbocycles. The molecule has 1 rings (SSSR count). The average Bonchev–Trinajstić information content (AvgIpc) is 1.86. The first kappa shape index (κ1) is 4.27. The molecule has 2 nitrogen and oxygen atoms in total. The van der Waals surface area contributed by atoms with E-state index < -0.39 is 0 Å². The summed E-state index contributed by atoms with van der Waals surface area (Å²) in [4.78, 5) is 4.20. The second-order valence-corrected chi connectivity index (χ2v) is 2.08. The molecule has 0 aliphatic carbocycles. The van der Waals surface area contributed by atoms with Crippen molar-refractivity contribution in [2.75, 3.05) is 6.67 Å². The van der Waals surface area contributed by atoms with Crippen molar-refractivity contribution in [3.8, 4) is 0 Å². The predicted octanol–water partition coefficient (Wildman–Crippen LogP) is 0.339. The van der Waals surface area contributed by atoms with Gasteiger partial charge in [0, 0.05) is 6.21 Å². The summed E-state index contributed by atoms with van der Waals surface area (Å²) in [5, 5.41) is 3.01. The van der Waals surface area contributed by atoms with Crippen molar-refractivity contribution in [2.45, 2.75) is 4.95 Å². The number of aliphatic imine (C=N–C) groups is 1. The lowest BCUT2D eigenvalue weighted by Crippen LogP contribution is -2.16. The number of nitrogens with zero attached hydrogens (tertiary/aromatic N) is 1. The quantitative estimate of drug-likeness (QED) is 0.389. The van der Waals surface area contributed by atoms with Gasteiger partial charge in [0.15, 0.2) is 0 Å². The van der Waals surface area contributed by atoms with Gasteiger partial charge in [-0.25, -0.2) is 0 Å². The summed E-state index contributed by atoms with van der Waals surface area (Å²) in [7, 11) is 0. The molecule has 1 unspecified atom stereocenters. The van der Waals surface area contributed by atoms with Crippen LogP contribution in [0, 0.1) is 0 Å². The smallest absolute Gasteiger partial charge is 0.0999 e. The zero-order chi connectivity index (χ0) is 4.41. The lowest BCUT2D eigenvalue weighted by molar-refractivity contribution is 0.828. The van der Waals surface area contributed by atoms with E-state index in [0.29, 0.717) is 4.95 Å². The number of alkyl halides is 1. The summed E-state index contributed by atoms with van der Waals surface area (Å²) in [6, 6.07) is 0. The number of halogens is 1. The van der Waals surface area contributed by atoms with Gasteiger partial charge in [-0.1, -0.05) is 15.9 Å². The fraction of sp³-hybridized carbons (Fsp3) is 0.667. The van der Waals surface area contributed by atoms with Crippen LogP contribution in [0.1, 0.15) is 0 Å². The van der Waals surface area contributed by atoms with Gasteiger partial charge < -0.3 is 0 Å². The highest BCUT2D eigenvalue weighted by Gasteiger charge is 2.00. The van der Waals surface area contributed by atoms with E-state index in [1.54, 1.807) is 0 Å². The normalized spacial score (nSPS) is 31.8. The molecule has 3 heteroatoms. The Morgan fingerprint density at radius 3 is 3.00 bits per heavy atom. The lowest BCUT2D eigenvalue weighted by Gasteiger charge is -1.89. The van der Waals surface area contributed by atoms with Crippen molar-refractivity contribution in [1.29, 1.82) is 0 Å². The SMILES string of the molecule is BrC1C=NCN1. The molecular formula is C3H5BrN2. The van der Waals surface area contributed by atoms with E-state index in [2.05, 4.69) is 26.2 Å². The van der Waals surface area contributed by atoms with Crippen LogP contribution in [0.4, 0.5) is 0 Å². The molecule has 0 aromatic heterocycles. The first-order chi connectivity index (χ1) is 2.89. The molecule has 1 aliphatic rings.